The number of ether oxygens (including phenoxy) is 1. The molecule has 0 spiro atoms. The molecule has 1 N–H and O–H groups in total. The Hall–Kier alpha value is -2.03. The molecule has 27 heavy (non-hydrogen) atoms. The molecule has 1 heterocycles. The summed E-state index contributed by atoms with van der Waals surface area (Å²) in [6, 6.07) is 14.5. The Morgan fingerprint density at radius 1 is 1.19 bits per heavy atom. The topological polar surface area (TPSA) is 69.0 Å². The highest BCUT2D eigenvalue weighted by Gasteiger charge is 2.12. The van der Waals surface area contributed by atoms with E-state index in [9.17, 15) is 4.79 Å². The second-order valence-electron chi connectivity index (χ2n) is 5.54. The lowest BCUT2D eigenvalue weighted by atomic mass is 10.3. The molecule has 0 atom stereocenters. The molecule has 140 valence electrons. The van der Waals surface area contributed by atoms with Gasteiger partial charge in [0.1, 0.15) is 12.4 Å². The third kappa shape index (κ3) is 5.72. The number of amides is 1. The summed E-state index contributed by atoms with van der Waals surface area (Å²) in [4.78, 5) is 12.1. The van der Waals surface area contributed by atoms with Crippen molar-refractivity contribution >= 4 is 50.9 Å². The lowest BCUT2D eigenvalue weighted by Gasteiger charge is -2.07. The van der Waals surface area contributed by atoms with Gasteiger partial charge in [-0.25, -0.2) is 0 Å². The predicted molar refractivity (Wildman–Crippen MR) is 110 cm³/mol. The van der Waals surface area contributed by atoms with Crippen LogP contribution in [0.2, 0.25) is 5.02 Å². The maximum Gasteiger partial charge on any atom is 0.234 e. The highest BCUT2D eigenvalue weighted by atomic mass is 79.9. The van der Waals surface area contributed by atoms with Crippen molar-refractivity contribution < 1.29 is 9.53 Å². The van der Waals surface area contributed by atoms with Gasteiger partial charge < -0.3 is 14.6 Å². The molecule has 0 bridgehead atoms. The Morgan fingerprint density at radius 2 is 1.89 bits per heavy atom. The van der Waals surface area contributed by atoms with Crippen LogP contribution in [0.3, 0.4) is 0 Å². The molecule has 0 aliphatic heterocycles. The van der Waals surface area contributed by atoms with E-state index in [0.29, 0.717) is 28.3 Å². The quantitative estimate of drug-likeness (QED) is 0.517. The van der Waals surface area contributed by atoms with Crippen LogP contribution >= 0.6 is 39.3 Å². The first-order valence-electron chi connectivity index (χ1n) is 7.96. The van der Waals surface area contributed by atoms with Crippen LogP contribution in [0.1, 0.15) is 5.82 Å². The minimum absolute atomic E-state index is 0.127. The number of aromatic nitrogens is 3. The van der Waals surface area contributed by atoms with Crippen LogP contribution < -0.4 is 10.1 Å². The van der Waals surface area contributed by atoms with Crippen molar-refractivity contribution in [3.05, 3.63) is 63.9 Å². The van der Waals surface area contributed by atoms with Gasteiger partial charge in [0.05, 0.1) is 5.75 Å². The van der Waals surface area contributed by atoms with E-state index in [-0.39, 0.29) is 11.7 Å². The molecule has 6 nitrogen and oxygen atoms in total. The number of benzene rings is 2. The number of anilines is 1. The number of hydrogen-bond acceptors (Lipinski definition) is 5. The highest BCUT2D eigenvalue weighted by Crippen LogP contribution is 2.20. The lowest BCUT2D eigenvalue weighted by Crippen LogP contribution is -2.14. The molecule has 0 aliphatic rings. The maximum absolute atomic E-state index is 12.1. The average Bonchev–Trinajstić information content (AvgIpc) is 3.01. The molecule has 1 aromatic heterocycles. The van der Waals surface area contributed by atoms with Crippen LogP contribution in [0.5, 0.6) is 5.75 Å². The number of thioether (sulfide) groups is 1. The highest BCUT2D eigenvalue weighted by molar-refractivity contribution is 9.10. The number of halogens is 2. The number of nitrogens with one attached hydrogen (secondary N) is 1. The second-order valence-corrected chi connectivity index (χ2v) is 7.84. The SMILES string of the molecule is Cn1c(COc2ccc(Br)cc2)nnc1SCC(=O)Nc1ccc(Cl)cc1. The zero-order valence-corrected chi connectivity index (χ0v) is 17.5. The zero-order valence-electron chi connectivity index (χ0n) is 14.4. The van der Waals surface area contributed by atoms with Gasteiger partial charge in [0, 0.05) is 22.2 Å². The van der Waals surface area contributed by atoms with Crippen LogP contribution in [0.15, 0.2) is 58.2 Å². The normalized spacial score (nSPS) is 10.6. The van der Waals surface area contributed by atoms with Gasteiger partial charge in [0.25, 0.3) is 0 Å². The fourth-order valence-electron chi connectivity index (χ4n) is 2.14. The smallest absolute Gasteiger partial charge is 0.234 e. The Labute approximate surface area is 174 Å². The fourth-order valence-corrected chi connectivity index (χ4v) is 3.26. The molecule has 0 saturated carbocycles. The van der Waals surface area contributed by atoms with Crippen molar-refractivity contribution in [3.8, 4) is 5.75 Å². The number of nitrogens with zero attached hydrogens (tertiary/aromatic N) is 3. The number of rotatable bonds is 7. The van der Waals surface area contributed by atoms with Gasteiger partial charge in [-0.2, -0.15) is 0 Å². The molecule has 3 rings (SSSR count). The summed E-state index contributed by atoms with van der Waals surface area (Å²) in [7, 11) is 1.85. The molecule has 3 aromatic rings. The maximum atomic E-state index is 12.1. The second kappa shape index (κ2) is 9.25. The van der Waals surface area contributed by atoms with Crippen molar-refractivity contribution in [1.82, 2.24) is 14.8 Å². The summed E-state index contributed by atoms with van der Waals surface area (Å²) < 4.78 is 8.52. The summed E-state index contributed by atoms with van der Waals surface area (Å²) in [5.74, 6) is 1.52. The summed E-state index contributed by atoms with van der Waals surface area (Å²) in [5, 5.41) is 12.3. The van der Waals surface area contributed by atoms with Crippen LogP contribution in [0, 0.1) is 0 Å². The summed E-state index contributed by atoms with van der Waals surface area (Å²) in [6.07, 6.45) is 0. The number of carbonyl (C=O) groups is 1. The van der Waals surface area contributed by atoms with Crippen molar-refractivity contribution in [2.75, 3.05) is 11.1 Å². The van der Waals surface area contributed by atoms with Crippen molar-refractivity contribution in [2.45, 2.75) is 11.8 Å². The first kappa shape index (κ1) is 19.7. The molecule has 1 amide bonds. The van der Waals surface area contributed by atoms with Gasteiger partial charge in [-0.3, -0.25) is 4.79 Å². The monoisotopic (exact) mass is 466 g/mol. The van der Waals surface area contributed by atoms with Crippen molar-refractivity contribution in [3.63, 3.8) is 0 Å². The van der Waals surface area contributed by atoms with Gasteiger partial charge in [0.2, 0.25) is 5.91 Å². The first-order chi connectivity index (χ1) is 13.0. The minimum Gasteiger partial charge on any atom is -0.486 e. The van der Waals surface area contributed by atoms with E-state index in [1.807, 2.05) is 35.9 Å². The Kier molecular flexibility index (Phi) is 6.76. The van der Waals surface area contributed by atoms with E-state index in [2.05, 4.69) is 31.4 Å². The van der Waals surface area contributed by atoms with Crippen molar-refractivity contribution in [2.24, 2.45) is 7.05 Å². The van der Waals surface area contributed by atoms with Crippen LogP contribution in [0.25, 0.3) is 0 Å². The van der Waals surface area contributed by atoms with E-state index in [1.165, 1.54) is 11.8 Å². The third-order valence-corrected chi connectivity index (χ3v) is 5.37. The number of hydrogen-bond donors (Lipinski definition) is 1. The molecule has 0 saturated heterocycles. The van der Waals surface area contributed by atoms with E-state index in [1.54, 1.807) is 24.3 Å². The first-order valence-corrected chi connectivity index (χ1v) is 10.1. The van der Waals surface area contributed by atoms with Crippen LogP contribution in [-0.4, -0.2) is 26.4 Å². The Bertz CT molecular complexity index is 916. The van der Waals surface area contributed by atoms with Gasteiger partial charge >= 0.3 is 0 Å². The van der Waals surface area contributed by atoms with E-state index >= 15 is 0 Å². The number of carbonyl (C=O) groups excluding carboxylic acids is 1. The van der Waals surface area contributed by atoms with Gasteiger partial charge in [0.15, 0.2) is 11.0 Å². The summed E-state index contributed by atoms with van der Waals surface area (Å²) in [6.45, 7) is 0.294. The standard InChI is InChI=1S/C18H16BrClN4O2S/c1-24-16(10-26-15-8-2-12(19)3-9-15)22-23-18(24)27-11-17(25)21-14-6-4-13(20)5-7-14/h2-9H,10-11H2,1H3,(H,21,25). The van der Waals surface area contributed by atoms with Gasteiger partial charge in [-0.15, -0.1) is 10.2 Å². The largest absolute Gasteiger partial charge is 0.486 e. The predicted octanol–water partition coefficient (Wildman–Crippen LogP) is 4.54. The third-order valence-electron chi connectivity index (χ3n) is 3.57. The zero-order chi connectivity index (χ0) is 19.2. The molecule has 0 aliphatic carbocycles. The van der Waals surface area contributed by atoms with E-state index in [4.69, 9.17) is 16.3 Å². The van der Waals surface area contributed by atoms with E-state index < -0.39 is 0 Å². The molecular formula is C18H16BrClN4O2S. The lowest BCUT2D eigenvalue weighted by molar-refractivity contribution is -0.113. The van der Waals surface area contributed by atoms with E-state index in [0.717, 1.165) is 10.2 Å². The summed E-state index contributed by atoms with van der Waals surface area (Å²) >= 11 is 10.5. The van der Waals surface area contributed by atoms with Crippen LogP contribution in [0.4, 0.5) is 5.69 Å². The molecule has 9 heteroatoms. The molecule has 2 aromatic carbocycles. The Morgan fingerprint density at radius 3 is 2.59 bits per heavy atom. The average molecular weight is 468 g/mol. The molecule has 0 fully saturated rings. The fraction of sp³-hybridized carbons (Fsp3) is 0.167. The minimum atomic E-state index is -0.127. The van der Waals surface area contributed by atoms with Crippen LogP contribution in [-0.2, 0) is 18.4 Å². The van der Waals surface area contributed by atoms with Gasteiger partial charge in [-0.05, 0) is 48.5 Å². The Balaban J connectivity index is 1.51. The van der Waals surface area contributed by atoms with Gasteiger partial charge in [-0.1, -0.05) is 39.3 Å². The molecule has 0 unspecified atom stereocenters. The molecular weight excluding hydrogens is 452 g/mol. The molecule has 0 radical (unpaired) electrons. The summed E-state index contributed by atoms with van der Waals surface area (Å²) in [5.41, 5.74) is 0.701. The van der Waals surface area contributed by atoms with Crippen molar-refractivity contribution in [1.29, 1.82) is 0 Å².